The number of nitrogens with zero attached hydrogens (tertiary/aromatic N) is 2. The maximum absolute atomic E-state index is 13.0. The van der Waals surface area contributed by atoms with Crippen molar-refractivity contribution in [2.24, 2.45) is 5.41 Å². The second-order valence-electron chi connectivity index (χ2n) is 8.00. The van der Waals surface area contributed by atoms with E-state index in [1.54, 1.807) is 4.90 Å². The molecular weight excluding hydrogens is 406 g/mol. The minimum absolute atomic E-state index is 0.0719. The summed E-state index contributed by atoms with van der Waals surface area (Å²) >= 11 is 0. The highest BCUT2D eigenvalue weighted by molar-refractivity contribution is 5.96. The number of anilines is 1. The maximum Gasteiger partial charge on any atom is 0.313 e. The molecular formula is C21H27N3O7. The number of non-ortho nitro benzene ring substituents is 1. The average molecular weight is 433 g/mol. The number of esters is 1. The van der Waals surface area contributed by atoms with Gasteiger partial charge in [0, 0.05) is 37.3 Å². The minimum atomic E-state index is -1.07. The van der Waals surface area contributed by atoms with Crippen LogP contribution >= 0.6 is 0 Å². The molecule has 10 nitrogen and oxygen atoms in total. The van der Waals surface area contributed by atoms with Gasteiger partial charge in [0.2, 0.25) is 5.91 Å². The summed E-state index contributed by atoms with van der Waals surface area (Å²) in [6.07, 6.45) is 1.77. The van der Waals surface area contributed by atoms with Crippen LogP contribution in [0.2, 0.25) is 0 Å². The van der Waals surface area contributed by atoms with Gasteiger partial charge >= 0.3 is 5.97 Å². The monoisotopic (exact) mass is 433 g/mol. The molecule has 2 fully saturated rings. The van der Waals surface area contributed by atoms with Crippen LogP contribution in [0.15, 0.2) is 24.3 Å². The van der Waals surface area contributed by atoms with Crippen molar-refractivity contribution in [3.8, 4) is 0 Å². The van der Waals surface area contributed by atoms with Crippen molar-refractivity contribution in [2.45, 2.75) is 45.1 Å². The molecule has 1 aliphatic carbocycles. The van der Waals surface area contributed by atoms with E-state index < -0.39 is 28.3 Å². The lowest BCUT2D eigenvalue weighted by Gasteiger charge is -2.32. The van der Waals surface area contributed by atoms with E-state index in [0.717, 1.165) is 12.8 Å². The van der Waals surface area contributed by atoms with Crippen molar-refractivity contribution in [2.75, 3.05) is 31.6 Å². The summed E-state index contributed by atoms with van der Waals surface area (Å²) < 4.78 is 10.7. The Morgan fingerprint density at radius 2 is 1.81 bits per heavy atom. The fraction of sp³-hybridized carbons (Fsp3) is 0.571. The number of morpholine rings is 1. The maximum atomic E-state index is 13.0. The first kappa shape index (κ1) is 22.7. The lowest BCUT2D eigenvalue weighted by Crippen LogP contribution is -2.45. The molecule has 31 heavy (non-hydrogen) atoms. The van der Waals surface area contributed by atoms with Gasteiger partial charge in [-0.05, 0) is 31.9 Å². The molecule has 10 heteroatoms. The van der Waals surface area contributed by atoms with Gasteiger partial charge in [0.15, 0.2) is 6.10 Å². The van der Waals surface area contributed by atoms with Crippen LogP contribution in [0.4, 0.5) is 11.4 Å². The third-order valence-corrected chi connectivity index (χ3v) is 5.85. The van der Waals surface area contributed by atoms with Gasteiger partial charge in [-0.25, -0.2) is 0 Å². The fourth-order valence-electron chi connectivity index (χ4n) is 3.97. The first-order chi connectivity index (χ1) is 14.8. The van der Waals surface area contributed by atoms with Crippen LogP contribution in [0.25, 0.3) is 0 Å². The zero-order valence-electron chi connectivity index (χ0n) is 17.5. The third-order valence-electron chi connectivity index (χ3n) is 5.85. The molecule has 1 aromatic carbocycles. The molecule has 1 aromatic rings. The van der Waals surface area contributed by atoms with Gasteiger partial charge < -0.3 is 19.7 Å². The first-order valence-electron chi connectivity index (χ1n) is 10.4. The molecule has 1 saturated carbocycles. The fourth-order valence-corrected chi connectivity index (χ4v) is 3.97. The highest BCUT2D eigenvalue weighted by Crippen LogP contribution is 2.43. The number of hydrogen-bond donors (Lipinski definition) is 1. The number of ether oxygens (including phenoxy) is 2. The van der Waals surface area contributed by atoms with Crippen LogP contribution in [0, 0.1) is 15.5 Å². The Morgan fingerprint density at radius 3 is 2.39 bits per heavy atom. The number of amides is 2. The Balaban J connectivity index is 1.59. The van der Waals surface area contributed by atoms with Crippen molar-refractivity contribution in [3.63, 3.8) is 0 Å². The lowest BCUT2D eigenvalue weighted by molar-refractivity contribution is -0.384. The van der Waals surface area contributed by atoms with E-state index in [1.165, 1.54) is 31.2 Å². The van der Waals surface area contributed by atoms with Gasteiger partial charge in [0.25, 0.3) is 11.6 Å². The molecule has 3 rings (SSSR count). The Kier molecular flexibility index (Phi) is 7.21. The number of hydrogen-bond acceptors (Lipinski definition) is 7. The number of nitrogens with one attached hydrogen (secondary N) is 1. The average Bonchev–Trinajstić information content (AvgIpc) is 3.24. The van der Waals surface area contributed by atoms with Crippen LogP contribution in [0.5, 0.6) is 0 Å². The Labute approximate surface area is 180 Å². The van der Waals surface area contributed by atoms with Gasteiger partial charge in [-0.15, -0.1) is 0 Å². The highest BCUT2D eigenvalue weighted by atomic mass is 16.6. The Morgan fingerprint density at radius 1 is 1.19 bits per heavy atom. The second-order valence-corrected chi connectivity index (χ2v) is 8.00. The molecule has 1 N–H and O–H groups in total. The molecule has 1 saturated heterocycles. The highest BCUT2D eigenvalue weighted by Gasteiger charge is 2.46. The van der Waals surface area contributed by atoms with E-state index in [0.29, 0.717) is 44.8 Å². The van der Waals surface area contributed by atoms with E-state index >= 15 is 0 Å². The standard InChI is InChI=1S/C21H27N3O7/c1-15(19(26)22-16-4-6-17(7-5-16)24(28)29)31-20(27)21(8-2-3-9-21)14-18(25)23-10-12-30-13-11-23/h4-7,15H,2-3,8-14H2,1H3,(H,22,26)/t15-/m1/s1. The molecule has 0 aromatic heterocycles. The summed E-state index contributed by atoms with van der Waals surface area (Å²) in [5.74, 6) is -1.17. The zero-order valence-corrected chi connectivity index (χ0v) is 17.5. The number of rotatable bonds is 7. The molecule has 1 aliphatic heterocycles. The van der Waals surface area contributed by atoms with Crippen LogP contribution in [-0.2, 0) is 23.9 Å². The zero-order chi connectivity index (χ0) is 22.4. The van der Waals surface area contributed by atoms with Crippen molar-refractivity contribution < 1.29 is 28.8 Å². The molecule has 0 bridgehead atoms. The summed E-state index contributed by atoms with van der Waals surface area (Å²) in [5.41, 5.74) is -0.640. The van der Waals surface area contributed by atoms with Gasteiger partial charge in [0.05, 0.1) is 23.6 Å². The number of nitro groups is 1. The van der Waals surface area contributed by atoms with Gasteiger partial charge in [-0.2, -0.15) is 0 Å². The number of nitro benzene ring substituents is 1. The van der Waals surface area contributed by atoms with E-state index in [9.17, 15) is 24.5 Å². The van der Waals surface area contributed by atoms with Crippen molar-refractivity contribution in [1.29, 1.82) is 0 Å². The van der Waals surface area contributed by atoms with E-state index in [4.69, 9.17) is 9.47 Å². The minimum Gasteiger partial charge on any atom is -0.452 e. The normalized spacial score (nSPS) is 18.8. The predicted molar refractivity (Wildman–Crippen MR) is 110 cm³/mol. The molecule has 1 heterocycles. The van der Waals surface area contributed by atoms with Crippen LogP contribution in [0.1, 0.15) is 39.0 Å². The summed E-state index contributed by atoms with van der Waals surface area (Å²) in [5, 5.41) is 13.3. The van der Waals surface area contributed by atoms with Crippen molar-refractivity contribution in [3.05, 3.63) is 34.4 Å². The predicted octanol–water partition coefficient (Wildman–Crippen LogP) is 2.27. The molecule has 0 spiro atoms. The molecule has 168 valence electrons. The summed E-state index contributed by atoms with van der Waals surface area (Å²) in [6, 6.07) is 5.36. The summed E-state index contributed by atoms with van der Waals surface area (Å²) in [6.45, 7) is 3.47. The van der Waals surface area contributed by atoms with Crippen molar-refractivity contribution >= 4 is 29.2 Å². The van der Waals surface area contributed by atoms with E-state index in [1.807, 2.05) is 0 Å². The first-order valence-corrected chi connectivity index (χ1v) is 10.4. The molecule has 2 aliphatic rings. The smallest absolute Gasteiger partial charge is 0.313 e. The topological polar surface area (TPSA) is 128 Å². The largest absolute Gasteiger partial charge is 0.452 e. The quantitative estimate of drug-likeness (QED) is 0.397. The van der Waals surface area contributed by atoms with Crippen LogP contribution in [0.3, 0.4) is 0 Å². The Hall–Kier alpha value is -3.01. The van der Waals surface area contributed by atoms with E-state index in [2.05, 4.69) is 5.32 Å². The summed E-state index contributed by atoms with van der Waals surface area (Å²) in [7, 11) is 0. The van der Waals surface area contributed by atoms with Crippen LogP contribution < -0.4 is 5.32 Å². The number of carbonyl (C=O) groups is 3. The third kappa shape index (κ3) is 5.57. The Bertz CT molecular complexity index is 828. The molecule has 0 unspecified atom stereocenters. The van der Waals surface area contributed by atoms with E-state index in [-0.39, 0.29) is 18.0 Å². The SMILES string of the molecule is C[C@@H](OC(=O)C1(CC(=O)N2CCOCC2)CCCC1)C(=O)Nc1ccc([N+](=O)[O-])cc1. The summed E-state index contributed by atoms with van der Waals surface area (Å²) in [4.78, 5) is 50.1. The van der Waals surface area contributed by atoms with Gasteiger partial charge in [0.1, 0.15) is 0 Å². The van der Waals surface area contributed by atoms with Crippen molar-refractivity contribution in [1.82, 2.24) is 4.90 Å². The second kappa shape index (κ2) is 9.86. The van der Waals surface area contributed by atoms with Gasteiger partial charge in [-0.1, -0.05) is 12.8 Å². The molecule has 0 radical (unpaired) electrons. The number of carbonyl (C=O) groups excluding carboxylic acids is 3. The lowest BCUT2D eigenvalue weighted by atomic mass is 9.82. The molecule has 2 amide bonds. The molecule has 1 atom stereocenters. The van der Waals surface area contributed by atoms with Crippen LogP contribution in [-0.4, -0.2) is 60.0 Å². The van der Waals surface area contributed by atoms with Gasteiger partial charge in [-0.3, -0.25) is 24.5 Å². The number of benzene rings is 1.